The van der Waals surface area contributed by atoms with Crippen LogP contribution in [0, 0.1) is 5.41 Å². The molecule has 0 radical (unpaired) electrons. The number of likely N-dealkylation sites (tertiary alicyclic amines) is 1. The second kappa shape index (κ2) is 6.04. The fourth-order valence-electron chi connectivity index (χ4n) is 2.26. The average molecular weight is 290 g/mol. The normalized spacial score (nSPS) is 21.5. The Labute approximate surface area is 108 Å². The largest absolute Gasteiger partial charge is 0.339 e. The zero-order valence-corrected chi connectivity index (χ0v) is 12.3. The van der Waals surface area contributed by atoms with Gasteiger partial charge in [-0.3, -0.25) is 4.79 Å². The minimum atomic E-state index is -0.184. The van der Waals surface area contributed by atoms with Crippen LogP contribution >= 0.6 is 15.9 Å². The molecule has 1 aliphatic heterocycles. The summed E-state index contributed by atoms with van der Waals surface area (Å²) in [7, 11) is 0. The maximum absolute atomic E-state index is 12.4. The van der Waals surface area contributed by atoms with Crippen molar-refractivity contribution in [2.45, 2.75) is 58.9 Å². The predicted molar refractivity (Wildman–Crippen MR) is 71.8 cm³/mol. The molecule has 0 bridgehead atoms. The number of hydrogen-bond acceptors (Lipinski definition) is 1. The van der Waals surface area contributed by atoms with Crippen LogP contribution in [-0.4, -0.2) is 28.7 Å². The van der Waals surface area contributed by atoms with E-state index in [4.69, 9.17) is 0 Å². The lowest BCUT2D eigenvalue weighted by Crippen LogP contribution is -2.43. The Morgan fingerprint density at radius 1 is 1.50 bits per heavy atom. The van der Waals surface area contributed by atoms with E-state index in [1.807, 2.05) is 0 Å². The van der Waals surface area contributed by atoms with Gasteiger partial charge in [-0.1, -0.05) is 36.7 Å². The van der Waals surface area contributed by atoms with Gasteiger partial charge >= 0.3 is 0 Å². The summed E-state index contributed by atoms with van der Waals surface area (Å²) < 4.78 is 0. The lowest BCUT2D eigenvalue weighted by atomic mass is 9.88. The van der Waals surface area contributed by atoms with E-state index in [0.29, 0.717) is 11.9 Å². The fourth-order valence-corrected chi connectivity index (χ4v) is 2.58. The Morgan fingerprint density at radius 2 is 2.19 bits per heavy atom. The standard InChI is InChI=1S/C13H24BrNO/c1-4-13(2,3)12(16)15-10-6-8-11(15)7-5-9-14/h11H,4-10H2,1-3H3. The highest BCUT2D eigenvalue weighted by Crippen LogP contribution is 2.30. The van der Waals surface area contributed by atoms with Crippen molar-refractivity contribution in [2.24, 2.45) is 5.41 Å². The third-order valence-electron chi connectivity index (χ3n) is 3.77. The zero-order valence-electron chi connectivity index (χ0n) is 10.8. The van der Waals surface area contributed by atoms with Crippen molar-refractivity contribution in [3.63, 3.8) is 0 Å². The third-order valence-corrected chi connectivity index (χ3v) is 4.33. The van der Waals surface area contributed by atoms with Crippen LogP contribution in [0.1, 0.15) is 52.9 Å². The molecule has 1 aliphatic rings. The molecule has 1 unspecified atom stereocenters. The first-order valence-corrected chi connectivity index (χ1v) is 7.52. The molecule has 3 heteroatoms. The molecular weight excluding hydrogens is 266 g/mol. The van der Waals surface area contributed by atoms with Crippen LogP contribution < -0.4 is 0 Å². The number of nitrogens with zero attached hydrogens (tertiary/aromatic N) is 1. The fraction of sp³-hybridized carbons (Fsp3) is 0.923. The number of halogens is 1. The molecule has 1 amide bonds. The highest BCUT2D eigenvalue weighted by Gasteiger charge is 2.36. The SMILES string of the molecule is CCC(C)(C)C(=O)N1CCCC1CCCBr. The van der Waals surface area contributed by atoms with Gasteiger partial charge in [0.1, 0.15) is 0 Å². The van der Waals surface area contributed by atoms with E-state index in [1.165, 1.54) is 19.3 Å². The summed E-state index contributed by atoms with van der Waals surface area (Å²) in [6.07, 6.45) is 5.61. The van der Waals surface area contributed by atoms with Crippen molar-refractivity contribution >= 4 is 21.8 Å². The zero-order chi connectivity index (χ0) is 12.2. The van der Waals surface area contributed by atoms with Crippen LogP contribution in [0.3, 0.4) is 0 Å². The van der Waals surface area contributed by atoms with E-state index in [-0.39, 0.29) is 5.41 Å². The minimum Gasteiger partial charge on any atom is -0.339 e. The monoisotopic (exact) mass is 289 g/mol. The van der Waals surface area contributed by atoms with Gasteiger partial charge in [0.15, 0.2) is 0 Å². The predicted octanol–water partition coefficient (Wildman–Crippen LogP) is 3.59. The topological polar surface area (TPSA) is 20.3 Å². The van der Waals surface area contributed by atoms with Gasteiger partial charge < -0.3 is 4.90 Å². The molecule has 1 fully saturated rings. The lowest BCUT2D eigenvalue weighted by Gasteiger charge is -2.32. The van der Waals surface area contributed by atoms with Gasteiger partial charge in [0.05, 0.1) is 0 Å². The Balaban J connectivity index is 2.60. The lowest BCUT2D eigenvalue weighted by molar-refractivity contribution is -0.141. The summed E-state index contributed by atoms with van der Waals surface area (Å²) in [5.74, 6) is 0.354. The van der Waals surface area contributed by atoms with E-state index in [2.05, 4.69) is 41.6 Å². The number of carbonyl (C=O) groups excluding carboxylic acids is 1. The van der Waals surface area contributed by atoms with E-state index >= 15 is 0 Å². The summed E-state index contributed by atoms with van der Waals surface area (Å²) >= 11 is 3.46. The molecule has 0 saturated carbocycles. The van der Waals surface area contributed by atoms with E-state index in [1.54, 1.807) is 0 Å². The first-order valence-electron chi connectivity index (χ1n) is 6.40. The summed E-state index contributed by atoms with van der Waals surface area (Å²) in [5, 5.41) is 1.04. The van der Waals surface area contributed by atoms with Crippen LogP contribution in [0.15, 0.2) is 0 Å². The highest BCUT2D eigenvalue weighted by atomic mass is 79.9. The molecule has 0 aromatic rings. The van der Waals surface area contributed by atoms with Crippen molar-refractivity contribution in [1.29, 1.82) is 0 Å². The van der Waals surface area contributed by atoms with Crippen LogP contribution in [0.4, 0.5) is 0 Å². The first-order chi connectivity index (χ1) is 7.53. The summed E-state index contributed by atoms with van der Waals surface area (Å²) in [5.41, 5.74) is -0.184. The summed E-state index contributed by atoms with van der Waals surface area (Å²) in [6.45, 7) is 7.20. The molecule has 0 aliphatic carbocycles. The number of amides is 1. The van der Waals surface area contributed by atoms with Crippen LogP contribution in [0.5, 0.6) is 0 Å². The van der Waals surface area contributed by atoms with Gasteiger partial charge in [0.25, 0.3) is 0 Å². The van der Waals surface area contributed by atoms with Crippen molar-refractivity contribution in [2.75, 3.05) is 11.9 Å². The third kappa shape index (κ3) is 3.22. The maximum Gasteiger partial charge on any atom is 0.228 e. The van der Waals surface area contributed by atoms with Crippen molar-refractivity contribution in [3.05, 3.63) is 0 Å². The molecule has 1 rings (SSSR count). The van der Waals surface area contributed by atoms with Gasteiger partial charge in [-0.25, -0.2) is 0 Å². The van der Waals surface area contributed by atoms with Crippen molar-refractivity contribution in [3.8, 4) is 0 Å². The summed E-state index contributed by atoms with van der Waals surface area (Å²) in [6, 6.07) is 0.496. The first kappa shape index (κ1) is 14.0. The Bertz CT molecular complexity index is 240. The number of alkyl halides is 1. The molecule has 2 nitrogen and oxygen atoms in total. The Morgan fingerprint density at radius 3 is 2.75 bits per heavy atom. The molecule has 0 aromatic carbocycles. The van der Waals surface area contributed by atoms with Crippen molar-refractivity contribution < 1.29 is 4.79 Å². The molecule has 16 heavy (non-hydrogen) atoms. The van der Waals surface area contributed by atoms with Gasteiger partial charge in [0, 0.05) is 23.3 Å². The second-order valence-corrected chi connectivity index (χ2v) is 6.16. The van der Waals surface area contributed by atoms with Crippen LogP contribution in [0.2, 0.25) is 0 Å². The van der Waals surface area contributed by atoms with E-state index in [0.717, 1.165) is 24.7 Å². The average Bonchev–Trinajstić information content (AvgIpc) is 2.73. The smallest absolute Gasteiger partial charge is 0.228 e. The Kier molecular flexibility index (Phi) is 5.29. The number of carbonyl (C=O) groups is 1. The van der Waals surface area contributed by atoms with Crippen LogP contribution in [-0.2, 0) is 4.79 Å². The van der Waals surface area contributed by atoms with Gasteiger partial charge in [-0.05, 0) is 32.1 Å². The molecule has 1 saturated heterocycles. The van der Waals surface area contributed by atoms with Crippen LogP contribution in [0.25, 0.3) is 0 Å². The van der Waals surface area contributed by atoms with E-state index in [9.17, 15) is 4.79 Å². The molecule has 0 aromatic heterocycles. The minimum absolute atomic E-state index is 0.184. The van der Waals surface area contributed by atoms with Gasteiger partial charge in [0.2, 0.25) is 5.91 Å². The molecule has 94 valence electrons. The molecule has 0 N–H and O–H groups in total. The summed E-state index contributed by atoms with van der Waals surface area (Å²) in [4.78, 5) is 14.5. The van der Waals surface area contributed by atoms with Crippen molar-refractivity contribution in [1.82, 2.24) is 4.90 Å². The van der Waals surface area contributed by atoms with E-state index < -0.39 is 0 Å². The maximum atomic E-state index is 12.4. The molecular formula is C13H24BrNO. The molecule has 0 spiro atoms. The molecule has 1 heterocycles. The number of hydrogen-bond donors (Lipinski definition) is 0. The second-order valence-electron chi connectivity index (χ2n) is 5.36. The van der Waals surface area contributed by atoms with Gasteiger partial charge in [-0.2, -0.15) is 0 Å². The molecule has 1 atom stereocenters. The van der Waals surface area contributed by atoms with Gasteiger partial charge in [-0.15, -0.1) is 0 Å². The Hall–Kier alpha value is -0.0500. The quantitative estimate of drug-likeness (QED) is 0.709. The number of rotatable bonds is 5. The highest BCUT2D eigenvalue weighted by molar-refractivity contribution is 9.09.